The van der Waals surface area contributed by atoms with Crippen LogP contribution in [0.25, 0.3) is 0 Å². The lowest BCUT2D eigenvalue weighted by Gasteiger charge is -2.41. The zero-order valence-electron chi connectivity index (χ0n) is 11.2. The molecule has 19 heavy (non-hydrogen) atoms. The van der Waals surface area contributed by atoms with Crippen molar-refractivity contribution in [1.82, 2.24) is 0 Å². The molecule has 2 atom stereocenters. The van der Waals surface area contributed by atoms with Gasteiger partial charge in [-0.1, -0.05) is 0 Å². The van der Waals surface area contributed by atoms with Crippen LogP contribution >= 0.6 is 0 Å². The summed E-state index contributed by atoms with van der Waals surface area (Å²) in [5.74, 6) is 0.555. The van der Waals surface area contributed by atoms with Gasteiger partial charge >= 0.3 is 0 Å². The molecule has 1 aromatic rings. The van der Waals surface area contributed by atoms with Gasteiger partial charge < -0.3 is 19.3 Å². The molecule has 0 amide bonds. The van der Waals surface area contributed by atoms with E-state index < -0.39 is 18.0 Å². The van der Waals surface area contributed by atoms with Crippen molar-refractivity contribution in [3.8, 4) is 11.8 Å². The van der Waals surface area contributed by atoms with Crippen molar-refractivity contribution in [3.05, 3.63) is 29.3 Å². The van der Waals surface area contributed by atoms with Crippen LogP contribution in [0.1, 0.15) is 30.6 Å². The van der Waals surface area contributed by atoms with Crippen molar-refractivity contribution in [3.63, 3.8) is 0 Å². The first-order chi connectivity index (χ1) is 9.04. The molecule has 0 fully saturated rings. The minimum atomic E-state index is -0.774. The van der Waals surface area contributed by atoms with Gasteiger partial charge in [-0.15, -0.1) is 0 Å². The van der Waals surface area contributed by atoms with E-state index in [0.29, 0.717) is 23.3 Å². The number of hydrogen-bond donors (Lipinski definition) is 1. The van der Waals surface area contributed by atoms with Crippen LogP contribution in [0.15, 0.2) is 18.2 Å². The third kappa shape index (κ3) is 2.43. The van der Waals surface area contributed by atoms with Gasteiger partial charge in [-0.3, -0.25) is 0 Å². The van der Waals surface area contributed by atoms with Gasteiger partial charge in [0.25, 0.3) is 0 Å². The van der Waals surface area contributed by atoms with Gasteiger partial charge in [-0.25, -0.2) is 0 Å². The Morgan fingerprint density at radius 2 is 2.16 bits per heavy atom. The van der Waals surface area contributed by atoms with E-state index in [4.69, 9.17) is 19.5 Å². The fourth-order valence-corrected chi connectivity index (χ4v) is 2.50. The van der Waals surface area contributed by atoms with Crippen LogP contribution in [-0.2, 0) is 9.47 Å². The first kappa shape index (κ1) is 13.8. The second-order valence-electron chi connectivity index (χ2n) is 4.80. The van der Waals surface area contributed by atoms with Crippen molar-refractivity contribution in [1.29, 1.82) is 5.26 Å². The Morgan fingerprint density at radius 1 is 1.47 bits per heavy atom. The molecule has 1 heterocycles. The van der Waals surface area contributed by atoms with Gasteiger partial charge in [-0.05, 0) is 25.1 Å². The highest BCUT2D eigenvalue weighted by Crippen LogP contribution is 2.42. The van der Waals surface area contributed by atoms with Crippen LogP contribution < -0.4 is 4.74 Å². The lowest BCUT2D eigenvalue weighted by atomic mass is 9.89. The SMILES string of the molecule is COC(OC)C1(C)CC(O)c2cc(C#N)ccc2O1. The van der Waals surface area contributed by atoms with Crippen LogP contribution in [0.5, 0.6) is 5.75 Å². The molecule has 0 saturated carbocycles. The molecular formula is C14H17NO4. The zero-order valence-corrected chi connectivity index (χ0v) is 11.2. The number of aliphatic hydroxyl groups is 1. The number of benzene rings is 1. The number of aliphatic hydroxyl groups excluding tert-OH is 1. The Bertz CT molecular complexity index is 507. The smallest absolute Gasteiger partial charge is 0.196 e. The quantitative estimate of drug-likeness (QED) is 0.841. The van der Waals surface area contributed by atoms with Gasteiger partial charge in [0, 0.05) is 26.2 Å². The van der Waals surface area contributed by atoms with Crippen molar-refractivity contribution >= 4 is 0 Å². The summed E-state index contributed by atoms with van der Waals surface area (Å²) in [5, 5.41) is 19.1. The summed E-state index contributed by atoms with van der Waals surface area (Å²) in [5.41, 5.74) is 0.354. The summed E-state index contributed by atoms with van der Waals surface area (Å²) in [6, 6.07) is 7.04. The maximum atomic E-state index is 10.3. The number of methoxy groups -OCH3 is 2. The highest BCUT2D eigenvalue weighted by Gasteiger charge is 2.43. The van der Waals surface area contributed by atoms with Crippen LogP contribution in [0.3, 0.4) is 0 Å². The zero-order chi connectivity index (χ0) is 14.0. The Kier molecular flexibility index (Phi) is 3.76. The maximum absolute atomic E-state index is 10.3. The Labute approximate surface area is 112 Å². The second kappa shape index (κ2) is 5.17. The Morgan fingerprint density at radius 3 is 2.74 bits per heavy atom. The molecule has 2 rings (SSSR count). The fraction of sp³-hybridized carbons (Fsp3) is 0.500. The lowest BCUT2D eigenvalue weighted by Crippen LogP contribution is -2.50. The molecule has 0 aromatic heterocycles. The molecule has 0 aliphatic carbocycles. The van der Waals surface area contributed by atoms with Crippen LogP contribution in [0.2, 0.25) is 0 Å². The van der Waals surface area contributed by atoms with E-state index in [2.05, 4.69) is 0 Å². The van der Waals surface area contributed by atoms with Crippen LogP contribution in [-0.4, -0.2) is 31.2 Å². The number of nitrogens with zero attached hydrogens (tertiary/aromatic N) is 1. The summed E-state index contributed by atoms with van der Waals surface area (Å²) < 4.78 is 16.4. The minimum Gasteiger partial charge on any atom is -0.482 e. The predicted octanol–water partition coefficient (Wildman–Crippen LogP) is 1.75. The van der Waals surface area contributed by atoms with E-state index in [1.54, 1.807) is 18.2 Å². The van der Waals surface area contributed by atoms with Crippen molar-refractivity contribution < 1.29 is 19.3 Å². The van der Waals surface area contributed by atoms with Crippen LogP contribution in [0, 0.1) is 11.3 Å². The Balaban J connectivity index is 2.37. The highest BCUT2D eigenvalue weighted by atomic mass is 16.7. The molecule has 1 aliphatic rings. The topological polar surface area (TPSA) is 71.7 Å². The number of fused-ring (bicyclic) bond motifs is 1. The maximum Gasteiger partial charge on any atom is 0.196 e. The molecule has 1 aromatic carbocycles. The summed E-state index contributed by atoms with van der Waals surface area (Å²) >= 11 is 0. The number of rotatable bonds is 3. The average molecular weight is 263 g/mol. The molecular weight excluding hydrogens is 246 g/mol. The van der Waals surface area contributed by atoms with Crippen molar-refractivity contribution in [2.45, 2.75) is 31.3 Å². The Hall–Kier alpha value is -1.61. The van der Waals surface area contributed by atoms with E-state index in [9.17, 15) is 5.11 Å². The molecule has 5 nitrogen and oxygen atoms in total. The molecule has 0 saturated heterocycles. The van der Waals surface area contributed by atoms with E-state index in [0.717, 1.165) is 0 Å². The summed E-state index contributed by atoms with van der Waals surface area (Å²) in [7, 11) is 3.06. The first-order valence-corrected chi connectivity index (χ1v) is 6.01. The van der Waals surface area contributed by atoms with Gasteiger partial charge in [0.15, 0.2) is 11.9 Å². The second-order valence-corrected chi connectivity index (χ2v) is 4.80. The third-order valence-corrected chi connectivity index (χ3v) is 3.37. The summed E-state index contributed by atoms with van der Waals surface area (Å²) in [6.07, 6.45) is -0.956. The van der Waals surface area contributed by atoms with Gasteiger partial charge in [0.2, 0.25) is 0 Å². The first-order valence-electron chi connectivity index (χ1n) is 6.01. The third-order valence-electron chi connectivity index (χ3n) is 3.37. The van der Waals surface area contributed by atoms with E-state index in [1.165, 1.54) is 14.2 Å². The lowest BCUT2D eigenvalue weighted by molar-refractivity contribution is -0.212. The monoisotopic (exact) mass is 263 g/mol. The highest BCUT2D eigenvalue weighted by molar-refractivity contribution is 5.45. The van der Waals surface area contributed by atoms with Crippen LogP contribution in [0.4, 0.5) is 0 Å². The van der Waals surface area contributed by atoms with Gasteiger partial charge in [-0.2, -0.15) is 5.26 Å². The molecule has 2 unspecified atom stereocenters. The average Bonchev–Trinajstić information content (AvgIpc) is 2.39. The molecule has 1 N–H and O–H groups in total. The van der Waals surface area contributed by atoms with Crippen molar-refractivity contribution in [2.75, 3.05) is 14.2 Å². The standard InChI is InChI=1S/C14H17NO4/c1-14(13(17-2)18-3)7-11(16)10-6-9(8-15)4-5-12(10)19-14/h4-6,11,13,16H,7H2,1-3H3. The minimum absolute atomic E-state index is 0.335. The summed E-state index contributed by atoms with van der Waals surface area (Å²) in [6.45, 7) is 1.83. The molecule has 102 valence electrons. The summed E-state index contributed by atoms with van der Waals surface area (Å²) in [4.78, 5) is 0. The largest absolute Gasteiger partial charge is 0.482 e. The molecule has 0 spiro atoms. The van der Waals surface area contributed by atoms with E-state index >= 15 is 0 Å². The van der Waals surface area contributed by atoms with E-state index in [-0.39, 0.29) is 0 Å². The number of nitriles is 1. The number of ether oxygens (including phenoxy) is 3. The van der Waals surface area contributed by atoms with Gasteiger partial charge in [0.05, 0.1) is 17.7 Å². The predicted molar refractivity (Wildman–Crippen MR) is 67.6 cm³/mol. The van der Waals surface area contributed by atoms with Gasteiger partial charge in [0.1, 0.15) is 5.75 Å². The molecule has 1 aliphatic heterocycles. The fourth-order valence-electron chi connectivity index (χ4n) is 2.50. The van der Waals surface area contributed by atoms with Crippen molar-refractivity contribution in [2.24, 2.45) is 0 Å². The molecule has 0 bridgehead atoms. The number of hydrogen-bond acceptors (Lipinski definition) is 5. The normalized spacial score (nSPS) is 25.6. The molecule has 5 heteroatoms. The van der Waals surface area contributed by atoms with E-state index in [1.807, 2.05) is 13.0 Å². The molecule has 0 radical (unpaired) electrons.